The van der Waals surface area contributed by atoms with Gasteiger partial charge in [0.1, 0.15) is 0 Å². The number of nitrogens with one attached hydrogen (secondary N) is 1. The van der Waals surface area contributed by atoms with E-state index in [2.05, 4.69) is 9.84 Å². The number of hydrogen-bond acceptors (Lipinski definition) is 5. The lowest BCUT2D eigenvalue weighted by Crippen LogP contribution is -2.16. The van der Waals surface area contributed by atoms with Gasteiger partial charge in [-0.25, -0.2) is 9.36 Å². The molecule has 1 aromatic rings. The van der Waals surface area contributed by atoms with Gasteiger partial charge in [0.15, 0.2) is 5.85 Å². The molecular weight excluding hydrogens is 380 g/mol. The van der Waals surface area contributed by atoms with Crippen LogP contribution in [0.4, 0.5) is 5.69 Å². The summed E-state index contributed by atoms with van der Waals surface area (Å²) in [7, 11) is -10.1. The maximum absolute atomic E-state index is 11.8. The van der Waals surface area contributed by atoms with Crippen LogP contribution in [0.2, 0.25) is 0 Å². The minimum absolute atomic E-state index is 0.0537. The molecule has 0 saturated carbocycles. The number of carbonyl (C=O) groups is 2. The molecule has 1 atom stereocenters. The number of aromatic carboxylic acids is 1. The van der Waals surface area contributed by atoms with Crippen LogP contribution < -0.4 is 5.32 Å². The Morgan fingerprint density at radius 2 is 1.72 bits per heavy atom. The van der Waals surface area contributed by atoms with Gasteiger partial charge >= 0.3 is 21.4 Å². The maximum Gasteiger partial charge on any atom is 0.470 e. The lowest BCUT2D eigenvalue weighted by Gasteiger charge is -2.19. The molecule has 6 N–H and O–H groups in total. The highest BCUT2D eigenvalue weighted by molar-refractivity contribution is 7.53. The average molecular weight is 397 g/mol. The predicted octanol–water partition coefficient (Wildman–Crippen LogP) is 1.11. The van der Waals surface area contributed by atoms with Gasteiger partial charge in [-0.2, -0.15) is 0 Å². The van der Waals surface area contributed by atoms with Crippen LogP contribution in [-0.4, -0.2) is 42.4 Å². The zero-order chi connectivity index (χ0) is 19.3. The highest BCUT2D eigenvalue weighted by atomic mass is 31.2. The van der Waals surface area contributed by atoms with Crippen molar-refractivity contribution in [1.29, 1.82) is 0 Å². The van der Waals surface area contributed by atoms with Crippen molar-refractivity contribution in [2.24, 2.45) is 0 Å². The fraction of sp³-hybridized carbons (Fsp3) is 0.333. The summed E-state index contributed by atoms with van der Waals surface area (Å²) in [5.41, 5.74) is -0.0771. The topological polar surface area (TPSA) is 191 Å². The molecule has 0 heterocycles. The molecule has 0 bridgehead atoms. The Balaban J connectivity index is 2.63. The van der Waals surface area contributed by atoms with Crippen LogP contribution in [0.15, 0.2) is 24.3 Å². The molecule has 13 heteroatoms. The first-order valence-electron chi connectivity index (χ1n) is 6.81. The third kappa shape index (κ3) is 7.89. The summed E-state index contributed by atoms with van der Waals surface area (Å²) in [6, 6.07) is 5.65. The second kappa shape index (κ2) is 8.68. The first-order valence-corrected chi connectivity index (χ1v) is 10.0. The molecule has 1 unspecified atom stereocenters. The van der Waals surface area contributed by atoms with E-state index in [-0.39, 0.29) is 24.1 Å². The van der Waals surface area contributed by atoms with Crippen LogP contribution in [0.3, 0.4) is 0 Å². The van der Waals surface area contributed by atoms with Crippen LogP contribution in [0.25, 0.3) is 0 Å². The monoisotopic (exact) mass is 397 g/mol. The van der Waals surface area contributed by atoms with Crippen LogP contribution >= 0.6 is 15.4 Å². The smallest absolute Gasteiger partial charge is 0.470 e. The SMILES string of the molecule is O=C(CCCC(OP(=O)(O)O)P(=O)(O)O)Nc1ccccc1C(=O)O. The Kier molecular flexibility index (Phi) is 7.45. The van der Waals surface area contributed by atoms with Gasteiger partial charge in [-0.05, 0) is 25.0 Å². The predicted molar refractivity (Wildman–Crippen MR) is 84.8 cm³/mol. The van der Waals surface area contributed by atoms with Crippen LogP contribution in [0.5, 0.6) is 0 Å². The van der Waals surface area contributed by atoms with Crippen molar-refractivity contribution < 1.29 is 47.9 Å². The first-order chi connectivity index (χ1) is 11.4. The quantitative estimate of drug-likeness (QED) is 0.329. The van der Waals surface area contributed by atoms with Gasteiger partial charge in [-0.1, -0.05) is 12.1 Å². The third-order valence-corrected chi connectivity index (χ3v) is 4.73. The van der Waals surface area contributed by atoms with E-state index < -0.39 is 39.6 Å². The van der Waals surface area contributed by atoms with Gasteiger partial charge in [-0.15, -0.1) is 0 Å². The highest BCUT2D eigenvalue weighted by Crippen LogP contribution is 2.52. The van der Waals surface area contributed by atoms with Crippen molar-refractivity contribution in [3.63, 3.8) is 0 Å². The van der Waals surface area contributed by atoms with Crippen molar-refractivity contribution in [1.82, 2.24) is 0 Å². The number of carboxylic acid groups (broad SMARTS) is 1. The van der Waals surface area contributed by atoms with Crippen molar-refractivity contribution in [3.8, 4) is 0 Å². The van der Waals surface area contributed by atoms with Crippen LogP contribution in [-0.2, 0) is 18.4 Å². The Morgan fingerprint density at radius 3 is 2.24 bits per heavy atom. The molecular formula is C12H17NO10P2. The summed E-state index contributed by atoms with van der Waals surface area (Å²) < 4.78 is 25.9. The molecule has 0 radical (unpaired) electrons. The van der Waals surface area contributed by atoms with E-state index >= 15 is 0 Å². The number of phosphoric ester groups is 1. The van der Waals surface area contributed by atoms with Crippen molar-refractivity contribution in [2.45, 2.75) is 25.1 Å². The molecule has 0 fully saturated rings. The van der Waals surface area contributed by atoms with E-state index in [1.54, 1.807) is 0 Å². The Hall–Kier alpha value is -1.58. The molecule has 11 nitrogen and oxygen atoms in total. The number of hydrogen-bond donors (Lipinski definition) is 6. The number of para-hydroxylation sites is 1. The molecule has 25 heavy (non-hydrogen) atoms. The molecule has 0 aromatic heterocycles. The highest BCUT2D eigenvalue weighted by Gasteiger charge is 2.35. The number of rotatable bonds is 9. The summed E-state index contributed by atoms with van der Waals surface area (Å²) in [6.45, 7) is 0. The zero-order valence-corrected chi connectivity index (χ0v) is 14.5. The van der Waals surface area contributed by atoms with Gasteiger partial charge < -0.3 is 30.0 Å². The van der Waals surface area contributed by atoms with E-state index in [0.29, 0.717) is 0 Å². The van der Waals surface area contributed by atoms with Gasteiger partial charge in [-0.3, -0.25) is 13.9 Å². The number of phosphoric acid groups is 1. The molecule has 0 saturated heterocycles. The maximum atomic E-state index is 11.8. The molecule has 0 aliphatic heterocycles. The minimum Gasteiger partial charge on any atom is -0.478 e. The number of carboxylic acids is 1. The van der Waals surface area contributed by atoms with E-state index in [4.69, 9.17) is 24.7 Å². The normalized spacial score (nSPS) is 13.3. The molecule has 1 rings (SSSR count). The number of carbonyl (C=O) groups excluding carboxylic acids is 1. The number of amides is 1. The summed E-state index contributed by atoms with van der Waals surface area (Å²) >= 11 is 0. The Labute approximate surface area is 142 Å². The van der Waals surface area contributed by atoms with Gasteiger partial charge in [0, 0.05) is 6.42 Å². The summed E-state index contributed by atoms with van der Waals surface area (Å²) in [6.07, 6.45) is -0.908. The van der Waals surface area contributed by atoms with E-state index in [1.165, 1.54) is 24.3 Å². The van der Waals surface area contributed by atoms with Crippen molar-refractivity contribution in [3.05, 3.63) is 29.8 Å². The fourth-order valence-corrected chi connectivity index (χ4v) is 3.67. The fourth-order valence-electron chi connectivity index (χ4n) is 1.87. The number of benzene rings is 1. The third-order valence-electron chi connectivity index (χ3n) is 2.92. The van der Waals surface area contributed by atoms with Gasteiger partial charge in [0.05, 0.1) is 11.3 Å². The molecule has 0 aliphatic carbocycles. The Morgan fingerprint density at radius 1 is 1.12 bits per heavy atom. The Bertz CT molecular complexity index is 724. The summed E-state index contributed by atoms with van der Waals surface area (Å²) in [5.74, 6) is -3.92. The molecule has 1 aromatic carbocycles. The molecule has 0 spiro atoms. The summed E-state index contributed by atoms with van der Waals surface area (Å²) in [5, 5.41) is 11.3. The molecule has 1 amide bonds. The van der Waals surface area contributed by atoms with Crippen LogP contribution in [0.1, 0.15) is 29.6 Å². The standard InChI is InChI=1S/C12H17NO10P2/c14-10(13-9-5-2-1-4-8(9)12(15)16)6-3-7-11(24(17,18)19)23-25(20,21)22/h1-2,4-5,11H,3,6-7H2,(H,13,14)(H,15,16)(H2,17,18,19)(H2,20,21,22). The lowest BCUT2D eigenvalue weighted by atomic mass is 10.1. The van der Waals surface area contributed by atoms with Gasteiger partial charge in [0.25, 0.3) is 0 Å². The lowest BCUT2D eigenvalue weighted by molar-refractivity contribution is -0.116. The average Bonchev–Trinajstić information content (AvgIpc) is 2.44. The zero-order valence-electron chi connectivity index (χ0n) is 12.7. The van der Waals surface area contributed by atoms with Crippen LogP contribution in [0, 0.1) is 0 Å². The summed E-state index contributed by atoms with van der Waals surface area (Å²) in [4.78, 5) is 58.2. The molecule has 140 valence electrons. The second-order valence-corrected chi connectivity index (χ2v) is 7.88. The molecule has 0 aliphatic rings. The largest absolute Gasteiger partial charge is 0.478 e. The first kappa shape index (κ1) is 21.5. The van der Waals surface area contributed by atoms with E-state index in [0.717, 1.165) is 0 Å². The minimum atomic E-state index is -5.11. The van der Waals surface area contributed by atoms with Crippen molar-refractivity contribution in [2.75, 3.05) is 5.32 Å². The van der Waals surface area contributed by atoms with E-state index in [1.807, 2.05) is 0 Å². The number of anilines is 1. The van der Waals surface area contributed by atoms with Crippen molar-refractivity contribution >= 4 is 33.0 Å². The van der Waals surface area contributed by atoms with E-state index in [9.17, 15) is 18.7 Å². The second-order valence-electron chi connectivity index (χ2n) is 4.93. The van der Waals surface area contributed by atoms with Gasteiger partial charge in [0.2, 0.25) is 5.91 Å².